The van der Waals surface area contributed by atoms with E-state index in [1.54, 1.807) is 0 Å². The lowest BCUT2D eigenvalue weighted by Gasteiger charge is -2.03. The monoisotopic (exact) mass is 254 g/mol. The topological polar surface area (TPSA) is 37.3 Å². The van der Waals surface area contributed by atoms with Crippen LogP contribution in [0.4, 0.5) is 0 Å². The number of carbonyl (C=O) groups is 1. The Hall–Kier alpha value is -0.830. The summed E-state index contributed by atoms with van der Waals surface area (Å²) in [6.45, 7) is 2.02. The number of hydrogen-bond acceptors (Lipinski definition) is 1. The van der Waals surface area contributed by atoms with Gasteiger partial charge in [0.1, 0.15) is 0 Å². The lowest BCUT2D eigenvalue weighted by atomic mass is 10.1. The minimum absolute atomic E-state index is 0.173. The Morgan fingerprint density at radius 1 is 1.57 bits per heavy atom. The fourth-order valence-electron chi connectivity index (χ4n) is 1.76. The third-order valence-corrected chi connectivity index (χ3v) is 3.38. The van der Waals surface area contributed by atoms with E-state index in [1.165, 1.54) is 5.56 Å². The summed E-state index contributed by atoms with van der Waals surface area (Å²) >= 11 is 3.45. The third-order valence-electron chi connectivity index (χ3n) is 2.66. The van der Waals surface area contributed by atoms with Crippen LogP contribution >= 0.6 is 15.9 Å². The first kappa shape index (κ1) is 9.71. The summed E-state index contributed by atoms with van der Waals surface area (Å²) in [4.78, 5) is 10.7. The minimum Gasteiger partial charge on any atom is -0.481 e. The van der Waals surface area contributed by atoms with E-state index in [1.807, 2.05) is 19.1 Å². The molecule has 74 valence electrons. The number of aliphatic carboxylic acids is 1. The molecular formula is C11H11BrO2. The third kappa shape index (κ3) is 1.69. The molecule has 0 aliphatic heterocycles. The predicted octanol–water partition coefficient (Wildman–Crippen LogP) is 2.95. The normalized spacial score (nSPS) is 24.7. The summed E-state index contributed by atoms with van der Waals surface area (Å²) < 4.78 is 1.02. The summed E-state index contributed by atoms with van der Waals surface area (Å²) in [6.07, 6.45) is 0.775. The van der Waals surface area contributed by atoms with Crippen molar-refractivity contribution < 1.29 is 9.90 Å². The molecule has 2 nitrogen and oxygen atoms in total. The van der Waals surface area contributed by atoms with Crippen molar-refractivity contribution in [3.63, 3.8) is 0 Å². The number of carboxylic acids is 1. The molecule has 0 unspecified atom stereocenters. The van der Waals surface area contributed by atoms with Crippen LogP contribution in [0.2, 0.25) is 0 Å². The molecule has 0 amide bonds. The van der Waals surface area contributed by atoms with Crippen molar-refractivity contribution in [1.82, 2.24) is 0 Å². The zero-order valence-electron chi connectivity index (χ0n) is 7.83. The van der Waals surface area contributed by atoms with E-state index in [4.69, 9.17) is 5.11 Å². The highest BCUT2D eigenvalue weighted by Crippen LogP contribution is 2.49. The molecule has 0 bridgehead atoms. The van der Waals surface area contributed by atoms with Crippen LogP contribution < -0.4 is 0 Å². The maximum absolute atomic E-state index is 10.7. The summed E-state index contributed by atoms with van der Waals surface area (Å²) in [6, 6.07) is 6.07. The Morgan fingerprint density at radius 3 is 2.86 bits per heavy atom. The van der Waals surface area contributed by atoms with Gasteiger partial charge in [-0.15, -0.1) is 0 Å². The van der Waals surface area contributed by atoms with Crippen LogP contribution in [0.5, 0.6) is 0 Å². The fourth-order valence-corrected chi connectivity index (χ4v) is 2.30. The standard InChI is InChI=1S/C11H11BrO2/c1-6-2-3-10(12)8(4-6)7-5-9(7)11(13)14/h2-4,7,9H,5H2,1H3,(H,13,14)/t7-,9+/m0/s1. The lowest BCUT2D eigenvalue weighted by molar-refractivity contribution is -0.138. The van der Waals surface area contributed by atoms with Crippen molar-refractivity contribution in [3.05, 3.63) is 33.8 Å². The van der Waals surface area contributed by atoms with Crippen LogP contribution in [0, 0.1) is 12.8 Å². The molecule has 2 atom stereocenters. The molecule has 0 radical (unpaired) electrons. The van der Waals surface area contributed by atoms with E-state index in [0.717, 1.165) is 16.5 Å². The number of benzene rings is 1. The Bertz CT molecular complexity index is 387. The van der Waals surface area contributed by atoms with Crippen LogP contribution in [0.1, 0.15) is 23.5 Å². The van der Waals surface area contributed by atoms with Gasteiger partial charge < -0.3 is 5.11 Å². The van der Waals surface area contributed by atoms with E-state index >= 15 is 0 Å². The molecule has 0 spiro atoms. The summed E-state index contributed by atoms with van der Waals surface area (Å²) in [7, 11) is 0. The highest BCUT2D eigenvalue weighted by atomic mass is 79.9. The number of halogens is 1. The van der Waals surface area contributed by atoms with Gasteiger partial charge in [-0.1, -0.05) is 33.6 Å². The Morgan fingerprint density at radius 2 is 2.29 bits per heavy atom. The van der Waals surface area contributed by atoms with Gasteiger partial charge in [0.05, 0.1) is 5.92 Å². The number of hydrogen-bond donors (Lipinski definition) is 1. The van der Waals surface area contributed by atoms with Gasteiger partial charge in [-0.3, -0.25) is 4.79 Å². The van der Waals surface area contributed by atoms with Crippen molar-refractivity contribution in [3.8, 4) is 0 Å². The average Bonchev–Trinajstić information content (AvgIpc) is 2.88. The van der Waals surface area contributed by atoms with E-state index in [2.05, 4.69) is 22.0 Å². The minimum atomic E-state index is -0.677. The summed E-state index contributed by atoms with van der Waals surface area (Å²) in [5.41, 5.74) is 2.32. The molecule has 1 aromatic carbocycles. The highest BCUT2D eigenvalue weighted by molar-refractivity contribution is 9.10. The first-order valence-corrected chi connectivity index (χ1v) is 5.37. The van der Waals surface area contributed by atoms with Crippen molar-refractivity contribution in [2.45, 2.75) is 19.3 Å². The number of carboxylic acid groups (broad SMARTS) is 1. The molecule has 1 saturated carbocycles. The van der Waals surface area contributed by atoms with Crippen molar-refractivity contribution in [2.24, 2.45) is 5.92 Å². The van der Waals surface area contributed by atoms with Gasteiger partial charge >= 0.3 is 5.97 Å². The second-order valence-corrected chi connectivity index (χ2v) is 4.67. The molecule has 14 heavy (non-hydrogen) atoms. The van der Waals surface area contributed by atoms with Gasteiger partial charge in [-0.05, 0) is 30.9 Å². The quantitative estimate of drug-likeness (QED) is 0.882. The fraction of sp³-hybridized carbons (Fsp3) is 0.364. The molecule has 1 fully saturated rings. The summed E-state index contributed by atoms with van der Waals surface area (Å²) in [5.74, 6) is -0.640. The first-order chi connectivity index (χ1) is 6.59. The molecule has 1 aliphatic rings. The van der Waals surface area contributed by atoms with Crippen LogP contribution in [0.3, 0.4) is 0 Å². The number of aryl methyl sites for hydroxylation is 1. The van der Waals surface area contributed by atoms with Gasteiger partial charge in [-0.25, -0.2) is 0 Å². The lowest BCUT2D eigenvalue weighted by Crippen LogP contribution is -1.99. The molecule has 0 aromatic heterocycles. The van der Waals surface area contributed by atoms with Gasteiger partial charge in [0, 0.05) is 4.47 Å². The van der Waals surface area contributed by atoms with E-state index < -0.39 is 5.97 Å². The molecule has 0 heterocycles. The average molecular weight is 255 g/mol. The maximum atomic E-state index is 10.7. The van der Waals surface area contributed by atoms with Gasteiger partial charge in [0.25, 0.3) is 0 Å². The first-order valence-electron chi connectivity index (χ1n) is 4.58. The Kier molecular flexibility index (Phi) is 2.35. The zero-order chi connectivity index (χ0) is 10.3. The largest absolute Gasteiger partial charge is 0.481 e. The second kappa shape index (κ2) is 3.39. The van der Waals surface area contributed by atoms with E-state index in [0.29, 0.717) is 0 Å². The van der Waals surface area contributed by atoms with E-state index in [9.17, 15) is 4.79 Å². The Balaban J connectivity index is 2.26. The van der Waals surface area contributed by atoms with E-state index in [-0.39, 0.29) is 11.8 Å². The maximum Gasteiger partial charge on any atom is 0.307 e. The summed E-state index contributed by atoms with van der Waals surface area (Å²) in [5, 5.41) is 8.83. The molecule has 1 aliphatic carbocycles. The molecule has 3 heteroatoms. The smallest absolute Gasteiger partial charge is 0.307 e. The SMILES string of the molecule is Cc1ccc(Br)c([C@@H]2C[C@H]2C(=O)O)c1. The van der Waals surface area contributed by atoms with Gasteiger partial charge in [0.2, 0.25) is 0 Å². The van der Waals surface area contributed by atoms with Crippen LogP contribution in [0.25, 0.3) is 0 Å². The van der Waals surface area contributed by atoms with Gasteiger partial charge in [0.15, 0.2) is 0 Å². The highest BCUT2D eigenvalue weighted by Gasteiger charge is 2.44. The zero-order valence-corrected chi connectivity index (χ0v) is 9.41. The van der Waals surface area contributed by atoms with Crippen molar-refractivity contribution in [2.75, 3.05) is 0 Å². The molecule has 2 rings (SSSR count). The van der Waals surface area contributed by atoms with Crippen LogP contribution in [-0.4, -0.2) is 11.1 Å². The Labute approximate surface area is 91.1 Å². The van der Waals surface area contributed by atoms with Crippen molar-refractivity contribution >= 4 is 21.9 Å². The molecule has 0 saturated heterocycles. The van der Waals surface area contributed by atoms with Crippen LogP contribution in [-0.2, 0) is 4.79 Å². The molecule has 1 N–H and O–H groups in total. The molecule has 1 aromatic rings. The molecular weight excluding hydrogens is 244 g/mol. The van der Waals surface area contributed by atoms with Gasteiger partial charge in [-0.2, -0.15) is 0 Å². The predicted molar refractivity (Wildman–Crippen MR) is 57.4 cm³/mol. The van der Waals surface area contributed by atoms with Crippen molar-refractivity contribution in [1.29, 1.82) is 0 Å². The van der Waals surface area contributed by atoms with Crippen LogP contribution in [0.15, 0.2) is 22.7 Å². The number of rotatable bonds is 2. The second-order valence-electron chi connectivity index (χ2n) is 3.81.